The Morgan fingerprint density at radius 3 is 2.91 bits per heavy atom. The zero-order valence-corrected chi connectivity index (χ0v) is 7.86. The van der Waals surface area contributed by atoms with Gasteiger partial charge in [-0.1, -0.05) is 24.6 Å². The Morgan fingerprint density at radius 2 is 2.45 bits per heavy atom. The normalized spacial score (nSPS) is 13.6. The highest BCUT2D eigenvalue weighted by Crippen LogP contribution is 2.08. The minimum atomic E-state index is -0.743. The van der Waals surface area contributed by atoms with Crippen molar-refractivity contribution in [1.82, 2.24) is 0 Å². The Hall–Kier alpha value is -0.150. The van der Waals surface area contributed by atoms with Gasteiger partial charge in [0.1, 0.15) is 0 Å². The molecule has 0 aliphatic carbocycles. The van der Waals surface area contributed by atoms with Crippen LogP contribution in [0.25, 0.3) is 0 Å². The summed E-state index contributed by atoms with van der Waals surface area (Å²) in [7, 11) is 0. The second-order valence-corrected chi connectivity index (χ2v) is 3.47. The number of carbonyl (C=O) groups is 1. The first kappa shape index (κ1) is 10.8. The van der Waals surface area contributed by atoms with Crippen LogP contribution >= 0.6 is 23.4 Å². The predicted octanol–water partition coefficient (Wildman–Crippen LogP) is 2.19. The van der Waals surface area contributed by atoms with Crippen LogP contribution in [-0.2, 0) is 4.79 Å². The number of rotatable bonds is 5. The van der Waals surface area contributed by atoms with Crippen LogP contribution in [0.4, 0.5) is 0 Å². The van der Waals surface area contributed by atoms with Crippen LogP contribution in [-0.4, -0.2) is 22.6 Å². The molecule has 0 fully saturated rings. The highest BCUT2D eigenvalue weighted by molar-refractivity contribution is 7.99. The van der Waals surface area contributed by atoms with Crippen molar-refractivity contribution in [2.24, 2.45) is 5.92 Å². The van der Waals surface area contributed by atoms with Gasteiger partial charge in [-0.25, -0.2) is 0 Å². The number of carboxylic acid groups (broad SMARTS) is 1. The third kappa shape index (κ3) is 6.26. The molecule has 0 saturated heterocycles. The summed E-state index contributed by atoms with van der Waals surface area (Å²) in [5.74, 6) is 0.397. The highest BCUT2D eigenvalue weighted by atomic mass is 35.5. The highest BCUT2D eigenvalue weighted by Gasteiger charge is 2.08. The van der Waals surface area contributed by atoms with Gasteiger partial charge in [-0.3, -0.25) is 4.79 Å². The molecule has 11 heavy (non-hydrogen) atoms. The van der Waals surface area contributed by atoms with E-state index >= 15 is 0 Å². The molecule has 0 spiro atoms. The lowest BCUT2D eigenvalue weighted by atomic mass is 10.2. The lowest BCUT2D eigenvalue weighted by Gasteiger charge is -2.02. The summed E-state index contributed by atoms with van der Waals surface area (Å²) >= 11 is 6.83. The van der Waals surface area contributed by atoms with E-state index in [1.807, 2.05) is 0 Å². The van der Waals surface area contributed by atoms with E-state index in [0.29, 0.717) is 5.75 Å². The molecule has 0 aliphatic rings. The topological polar surface area (TPSA) is 37.3 Å². The average molecular weight is 195 g/mol. The summed E-state index contributed by atoms with van der Waals surface area (Å²) < 4.78 is 0. The Morgan fingerprint density at radius 1 is 1.82 bits per heavy atom. The molecular formula is C7H11ClO2S. The summed E-state index contributed by atoms with van der Waals surface area (Å²) in [4.78, 5) is 10.3. The molecule has 0 aromatic rings. The number of carboxylic acids is 1. The molecule has 0 amide bonds. The Labute approximate surface area is 75.6 Å². The molecule has 0 aromatic heterocycles. The molecule has 1 unspecified atom stereocenters. The van der Waals surface area contributed by atoms with Crippen molar-refractivity contribution in [3.63, 3.8) is 0 Å². The summed E-state index contributed by atoms with van der Waals surface area (Å²) in [6.45, 7) is 1.69. The first-order valence-electron chi connectivity index (χ1n) is 3.24. The molecule has 0 aromatic carbocycles. The zero-order chi connectivity index (χ0) is 8.69. The van der Waals surface area contributed by atoms with Gasteiger partial charge in [-0.15, -0.1) is 0 Å². The number of hydrogen-bond donors (Lipinski definition) is 1. The Balaban J connectivity index is 3.31. The standard InChI is InChI=1S/C7H11ClO2S/c1-6(7(9)10)5-11-4-2-3-8/h2-3,6H,4-5H2,1H3,(H,9,10). The van der Waals surface area contributed by atoms with Gasteiger partial charge in [0.05, 0.1) is 5.92 Å². The van der Waals surface area contributed by atoms with Crippen molar-refractivity contribution in [2.45, 2.75) is 6.92 Å². The fourth-order valence-electron chi connectivity index (χ4n) is 0.421. The lowest BCUT2D eigenvalue weighted by Crippen LogP contribution is -2.11. The van der Waals surface area contributed by atoms with Gasteiger partial charge in [-0.05, 0) is 0 Å². The largest absolute Gasteiger partial charge is 0.481 e. The van der Waals surface area contributed by atoms with Gasteiger partial charge >= 0.3 is 5.97 Å². The van der Waals surface area contributed by atoms with Crippen LogP contribution in [0.3, 0.4) is 0 Å². The maximum atomic E-state index is 10.3. The Bertz CT molecular complexity index is 147. The molecule has 64 valence electrons. The van der Waals surface area contributed by atoms with Crippen LogP contribution in [0.15, 0.2) is 11.6 Å². The van der Waals surface area contributed by atoms with Gasteiger partial charge in [0, 0.05) is 17.0 Å². The van der Waals surface area contributed by atoms with E-state index in [9.17, 15) is 4.79 Å². The van der Waals surface area contributed by atoms with Crippen molar-refractivity contribution in [1.29, 1.82) is 0 Å². The van der Waals surface area contributed by atoms with Crippen molar-refractivity contribution < 1.29 is 9.90 Å². The Kier molecular flexibility index (Phi) is 6.46. The average Bonchev–Trinajstić information content (AvgIpc) is 1.97. The summed E-state index contributed by atoms with van der Waals surface area (Å²) in [5.41, 5.74) is 1.44. The van der Waals surface area contributed by atoms with E-state index in [0.717, 1.165) is 5.75 Å². The molecule has 4 heteroatoms. The van der Waals surface area contributed by atoms with Crippen LogP contribution in [0.1, 0.15) is 6.92 Å². The maximum absolute atomic E-state index is 10.3. The number of thioether (sulfide) groups is 1. The SMILES string of the molecule is CC(CSCC=CCl)C(=O)O. The summed E-state index contributed by atoms with van der Waals surface area (Å²) in [5, 5.41) is 8.48. The minimum absolute atomic E-state index is 0.274. The van der Waals surface area contributed by atoms with E-state index in [1.54, 1.807) is 24.8 Å². The maximum Gasteiger partial charge on any atom is 0.307 e. The third-order valence-electron chi connectivity index (χ3n) is 1.09. The third-order valence-corrected chi connectivity index (χ3v) is 2.43. The van der Waals surface area contributed by atoms with Gasteiger partial charge < -0.3 is 5.11 Å². The van der Waals surface area contributed by atoms with Crippen molar-refractivity contribution in [2.75, 3.05) is 11.5 Å². The first-order chi connectivity index (χ1) is 5.18. The number of aliphatic carboxylic acids is 1. The summed E-state index contributed by atoms with van der Waals surface area (Å²) in [6, 6.07) is 0. The molecule has 0 saturated carbocycles. The molecule has 0 rings (SSSR count). The fraction of sp³-hybridized carbons (Fsp3) is 0.571. The molecule has 0 aliphatic heterocycles. The first-order valence-corrected chi connectivity index (χ1v) is 4.83. The predicted molar refractivity (Wildman–Crippen MR) is 49.1 cm³/mol. The molecule has 0 bridgehead atoms. The van der Waals surface area contributed by atoms with E-state index in [-0.39, 0.29) is 5.92 Å². The van der Waals surface area contributed by atoms with E-state index in [1.165, 1.54) is 5.54 Å². The second-order valence-electron chi connectivity index (χ2n) is 2.14. The van der Waals surface area contributed by atoms with Crippen LogP contribution in [0.2, 0.25) is 0 Å². The monoisotopic (exact) mass is 194 g/mol. The van der Waals surface area contributed by atoms with E-state index in [4.69, 9.17) is 16.7 Å². The van der Waals surface area contributed by atoms with Crippen LogP contribution in [0, 0.1) is 5.92 Å². The van der Waals surface area contributed by atoms with Gasteiger partial charge in [0.25, 0.3) is 0 Å². The molecule has 1 atom stereocenters. The molecule has 1 N–H and O–H groups in total. The lowest BCUT2D eigenvalue weighted by molar-refractivity contribution is -0.140. The van der Waals surface area contributed by atoms with Crippen molar-refractivity contribution >= 4 is 29.3 Å². The van der Waals surface area contributed by atoms with Crippen LogP contribution in [0.5, 0.6) is 0 Å². The molecular weight excluding hydrogens is 184 g/mol. The quantitative estimate of drug-likeness (QED) is 0.682. The smallest absolute Gasteiger partial charge is 0.307 e. The van der Waals surface area contributed by atoms with Crippen molar-refractivity contribution in [3.8, 4) is 0 Å². The number of halogens is 1. The number of hydrogen-bond acceptors (Lipinski definition) is 2. The van der Waals surface area contributed by atoms with Crippen molar-refractivity contribution in [3.05, 3.63) is 11.6 Å². The fourth-order valence-corrected chi connectivity index (χ4v) is 1.48. The minimum Gasteiger partial charge on any atom is -0.481 e. The molecule has 0 radical (unpaired) electrons. The van der Waals surface area contributed by atoms with Gasteiger partial charge in [0.2, 0.25) is 0 Å². The van der Waals surface area contributed by atoms with Gasteiger partial charge in [0.15, 0.2) is 0 Å². The van der Waals surface area contributed by atoms with E-state index in [2.05, 4.69) is 0 Å². The van der Waals surface area contributed by atoms with E-state index < -0.39 is 5.97 Å². The summed E-state index contributed by atoms with van der Waals surface area (Å²) in [6.07, 6.45) is 1.79. The molecule has 0 heterocycles. The van der Waals surface area contributed by atoms with Gasteiger partial charge in [-0.2, -0.15) is 11.8 Å². The second kappa shape index (κ2) is 6.55. The van der Waals surface area contributed by atoms with Crippen LogP contribution < -0.4 is 0 Å². The molecule has 2 nitrogen and oxygen atoms in total. The zero-order valence-electron chi connectivity index (χ0n) is 6.29.